The summed E-state index contributed by atoms with van der Waals surface area (Å²) in [4.78, 5) is 25.4. The quantitative estimate of drug-likeness (QED) is 0.229. The van der Waals surface area contributed by atoms with Crippen LogP contribution in [0.3, 0.4) is 0 Å². The molecule has 1 atom stereocenters. The first-order valence-electron chi connectivity index (χ1n) is 12.6. The molecule has 1 fully saturated rings. The Labute approximate surface area is 208 Å². The lowest BCUT2D eigenvalue weighted by Crippen LogP contribution is -2.14. The molecule has 1 aromatic carbocycles. The minimum Gasteiger partial charge on any atom is -0.456 e. The van der Waals surface area contributed by atoms with Crippen LogP contribution in [0.1, 0.15) is 69.2 Å². The number of pyridine rings is 2. The number of rotatable bonds is 5. The number of halogens is 1. The number of aromatic nitrogens is 3. The van der Waals surface area contributed by atoms with E-state index in [0.29, 0.717) is 23.4 Å². The standard InChI is InChI=1S/C29H28FN3O3/c1-17(34)35-23-9-7-19-13-21(24-16-31-26(36-24)15-29(2)11-3-4-12-29)27(33-28(19)23)20-6-5-18-8-10-25(30)32-22(18)14-20/h5-6,8,10,13-14,16,23H,3-4,7,9,11-12,15H2,1-2H3. The Balaban J connectivity index is 1.46. The molecule has 184 valence electrons. The van der Waals surface area contributed by atoms with E-state index in [1.807, 2.05) is 18.2 Å². The van der Waals surface area contributed by atoms with Gasteiger partial charge in [0, 0.05) is 29.9 Å². The van der Waals surface area contributed by atoms with Gasteiger partial charge in [0.25, 0.3) is 0 Å². The van der Waals surface area contributed by atoms with E-state index < -0.39 is 5.95 Å². The monoisotopic (exact) mass is 485 g/mol. The summed E-state index contributed by atoms with van der Waals surface area (Å²) in [5, 5.41) is 0.840. The van der Waals surface area contributed by atoms with Crippen molar-refractivity contribution in [1.82, 2.24) is 15.0 Å². The number of oxazole rings is 1. The number of benzene rings is 1. The van der Waals surface area contributed by atoms with Crippen molar-refractivity contribution in [2.45, 2.75) is 64.9 Å². The average Bonchev–Trinajstić information content (AvgIpc) is 3.58. The second-order valence-electron chi connectivity index (χ2n) is 10.4. The van der Waals surface area contributed by atoms with Crippen molar-refractivity contribution in [1.29, 1.82) is 0 Å². The molecular formula is C29H28FN3O3. The van der Waals surface area contributed by atoms with E-state index in [1.54, 1.807) is 12.3 Å². The Morgan fingerprint density at radius 3 is 2.78 bits per heavy atom. The van der Waals surface area contributed by atoms with Gasteiger partial charge in [-0.15, -0.1) is 0 Å². The normalized spacial score (nSPS) is 18.5. The topological polar surface area (TPSA) is 78.1 Å². The molecule has 0 radical (unpaired) electrons. The van der Waals surface area contributed by atoms with Crippen molar-refractivity contribution < 1.29 is 18.3 Å². The van der Waals surface area contributed by atoms with Crippen molar-refractivity contribution in [3.05, 3.63) is 65.7 Å². The van der Waals surface area contributed by atoms with E-state index in [0.717, 1.165) is 46.5 Å². The van der Waals surface area contributed by atoms with Gasteiger partial charge >= 0.3 is 5.97 Å². The van der Waals surface area contributed by atoms with Gasteiger partial charge in [0.2, 0.25) is 5.95 Å². The number of carbonyl (C=O) groups excluding carboxylic acids is 1. The van der Waals surface area contributed by atoms with Crippen molar-refractivity contribution in [2.75, 3.05) is 0 Å². The minimum atomic E-state index is -0.531. The van der Waals surface area contributed by atoms with Gasteiger partial charge in [-0.2, -0.15) is 4.39 Å². The number of nitrogens with zero attached hydrogens (tertiary/aromatic N) is 3. The number of esters is 1. The first-order chi connectivity index (χ1) is 17.4. The van der Waals surface area contributed by atoms with Crippen LogP contribution in [-0.4, -0.2) is 20.9 Å². The van der Waals surface area contributed by atoms with E-state index in [9.17, 15) is 9.18 Å². The fourth-order valence-electron chi connectivity index (χ4n) is 5.72. The summed E-state index contributed by atoms with van der Waals surface area (Å²) in [5.74, 6) is 0.531. The predicted molar refractivity (Wildman–Crippen MR) is 134 cm³/mol. The van der Waals surface area contributed by atoms with Crippen LogP contribution in [0.2, 0.25) is 0 Å². The average molecular weight is 486 g/mol. The van der Waals surface area contributed by atoms with Crippen LogP contribution in [0.4, 0.5) is 4.39 Å². The molecule has 0 bridgehead atoms. The highest BCUT2D eigenvalue weighted by Gasteiger charge is 2.32. The number of hydrogen-bond donors (Lipinski definition) is 0. The smallest absolute Gasteiger partial charge is 0.303 e. The third-order valence-corrected chi connectivity index (χ3v) is 7.56. The Bertz CT molecular complexity index is 1470. The third-order valence-electron chi connectivity index (χ3n) is 7.56. The molecule has 6 rings (SSSR count). The van der Waals surface area contributed by atoms with Gasteiger partial charge in [-0.25, -0.2) is 15.0 Å². The van der Waals surface area contributed by atoms with Gasteiger partial charge in [-0.3, -0.25) is 4.79 Å². The molecular weight excluding hydrogens is 457 g/mol. The molecule has 1 unspecified atom stereocenters. The second kappa shape index (κ2) is 8.80. The summed E-state index contributed by atoms with van der Waals surface area (Å²) in [5.41, 5.74) is 4.85. The summed E-state index contributed by atoms with van der Waals surface area (Å²) in [6.07, 6.45) is 8.54. The van der Waals surface area contributed by atoms with Gasteiger partial charge in [0.1, 0.15) is 6.10 Å². The summed E-state index contributed by atoms with van der Waals surface area (Å²) in [7, 11) is 0. The maximum atomic E-state index is 13.9. The molecule has 4 aromatic rings. The van der Waals surface area contributed by atoms with Crippen molar-refractivity contribution in [3.8, 4) is 22.6 Å². The van der Waals surface area contributed by atoms with Gasteiger partial charge in [0.05, 0.1) is 23.1 Å². The number of aryl methyl sites for hydroxylation is 1. The van der Waals surface area contributed by atoms with E-state index in [4.69, 9.17) is 14.1 Å². The molecule has 6 nitrogen and oxygen atoms in total. The first-order valence-corrected chi connectivity index (χ1v) is 12.6. The number of ether oxygens (including phenoxy) is 1. The molecule has 3 aromatic heterocycles. The summed E-state index contributed by atoms with van der Waals surface area (Å²) in [6, 6.07) is 10.8. The highest BCUT2D eigenvalue weighted by molar-refractivity contribution is 5.87. The lowest BCUT2D eigenvalue weighted by atomic mass is 9.85. The zero-order valence-corrected chi connectivity index (χ0v) is 20.5. The van der Waals surface area contributed by atoms with Crippen molar-refractivity contribution in [3.63, 3.8) is 0 Å². The molecule has 0 N–H and O–H groups in total. The van der Waals surface area contributed by atoms with E-state index in [2.05, 4.69) is 23.0 Å². The summed E-state index contributed by atoms with van der Waals surface area (Å²) >= 11 is 0. The molecule has 0 saturated heterocycles. The van der Waals surface area contributed by atoms with Gasteiger partial charge in [-0.1, -0.05) is 31.9 Å². The fraction of sp³-hybridized carbons (Fsp3) is 0.379. The van der Waals surface area contributed by atoms with Crippen LogP contribution in [0.25, 0.3) is 33.5 Å². The van der Waals surface area contributed by atoms with Crippen molar-refractivity contribution in [2.24, 2.45) is 5.41 Å². The molecule has 1 saturated carbocycles. The molecule has 0 spiro atoms. The minimum absolute atomic E-state index is 0.229. The Morgan fingerprint density at radius 2 is 1.97 bits per heavy atom. The summed E-state index contributed by atoms with van der Waals surface area (Å²) < 4.78 is 25.7. The van der Waals surface area contributed by atoms with Crippen molar-refractivity contribution >= 4 is 16.9 Å². The van der Waals surface area contributed by atoms with Gasteiger partial charge in [0.15, 0.2) is 11.7 Å². The lowest BCUT2D eigenvalue weighted by Gasteiger charge is -2.20. The predicted octanol–water partition coefficient (Wildman–Crippen LogP) is 6.76. The van der Waals surface area contributed by atoms with Crippen LogP contribution in [0, 0.1) is 11.4 Å². The largest absolute Gasteiger partial charge is 0.456 e. The zero-order valence-electron chi connectivity index (χ0n) is 20.5. The number of hydrogen-bond acceptors (Lipinski definition) is 6. The molecule has 3 heterocycles. The Kier molecular flexibility index (Phi) is 5.58. The third kappa shape index (κ3) is 4.27. The highest BCUT2D eigenvalue weighted by atomic mass is 19.1. The molecule has 2 aliphatic rings. The Hall–Kier alpha value is -3.61. The van der Waals surface area contributed by atoms with Crippen LogP contribution in [0.5, 0.6) is 0 Å². The van der Waals surface area contributed by atoms with E-state index in [1.165, 1.54) is 38.7 Å². The van der Waals surface area contributed by atoms with E-state index in [-0.39, 0.29) is 17.5 Å². The van der Waals surface area contributed by atoms with E-state index >= 15 is 0 Å². The maximum absolute atomic E-state index is 13.9. The molecule has 0 aliphatic heterocycles. The maximum Gasteiger partial charge on any atom is 0.303 e. The summed E-state index contributed by atoms with van der Waals surface area (Å²) in [6.45, 7) is 3.72. The van der Waals surface area contributed by atoms with Crippen LogP contribution in [0.15, 0.2) is 47.0 Å². The molecule has 2 aliphatic carbocycles. The zero-order chi connectivity index (χ0) is 24.9. The molecule has 0 amide bonds. The Morgan fingerprint density at radius 1 is 1.17 bits per heavy atom. The van der Waals surface area contributed by atoms with Gasteiger partial charge < -0.3 is 9.15 Å². The number of carbonyl (C=O) groups is 1. The second-order valence-corrected chi connectivity index (χ2v) is 10.4. The lowest BCUT2D eigenvalue weighted by molar-refractivity contribution is -0.146. The highest BCUT2D eigenvalue weighted by Crippen LogP contribution is 2.43. The first kappa shape index (κ1) is 22.8. The van der Waals surface area contributed by atoms with Crippen LogP contribution in [-0.2, 0) is 22.4 Å². The van der Waals surface area contributed by atoms with Crippen LogP contribution < -0.4 is 0 Å². The van der Waals surface area contributed by atoms with Crippen LogP contribution >= 0.6 is 0 Å². The molecule has 7 heteroatoms. The fourth-order valence-corrected chi connectivity index (χ4v) is 5.72. The number of fused-ring (bicyclic) bond motifs is 2. The van der Waals surface area contributed by atoms with Gasteiger partial charge in [-0.05, 0) is 60.9 Å². The molecule has 36 heavy (non-hydrogen) atoms. The SMILES string of the molecule is CC(=O)OC1CCc2cc(-c3cnc(CC4(C)CCCC4)o3)c(-c3ccc4ccc(F)nc4c3)nc21.